The van der Waals surface area contributed by atoms with Gasteiger partial charge in [-0.25, -0.2) is 4.39 Å². The summed E-state index contributed by atoms with van der Waals surface area (Å²) >= 11 is 0. The zero-order valence-electron chi connectivity index (χ0n) is 14.7. The maximum absolute atomic E-state index is 13.0. The van der Waals surface area contributed by atoms with Crippen molar-refractivity contribution < 1.29 is 9.13 Å². The van der Waals surface area contributed by atoms with E-state index in [-0.39, 0.29) is 5.82 Å². The van der Waals surface area contributed by atoms with E-state index in [1.807, 2.05) is 12.1 Å². The van der Waals surface area contributed by atoms with E-state index in [4.69, 9.17) is 10.5 Å². The zero-order chi connectivity index (χ0) is 17.5. The van der Waals surface area contributed by atoms with E-state index in [1.165, 1.54) is 12.1 Å². The lowest BCUT2D eigenvalue weighted by atomic mass is 10.2. The van der Waals surface area contributed by atoms with Gasteiger partial charge in [0.1, 0.15) is 5.82 Å². The van der Waals surface area contributed by atoms with Gasteiger partial charge in [0.05, 0.1) is 13.2 Å². The number of ether oxygens (including phenoxy) is 1. The van der Waals surface area contributed by atoms with Gasteiger partial charge in [0.15, 0.2) is 5.96 Å². The van der Waals surface area contributed by atoms with Crippen LogP contribution in [0.2, 0.25) is 0 Å². The summed E-state index contributed by atoms with van der Waals surface area (Å²) in [5.74, 6) is 0.430. The van der Waals surface area contributed by atoms with Crippen LogP contribution in [0.4, 0.5) is 10.1 Å². The molecule has 138 valence electrons. The largest absolute Gasteiger partial charge is 0.380 e. The minimum Gasteiger partial charge on any atom is -0.380 e. The van der Waals surface area contributed by atoms with Gasteiger partial charge in [0, 0.05) is 58.1 Å². The van der Waals surface area contributed by atoms with Crippen LogP contribution in [0.15, 0.2) is 29.3 Å². The minimum atomic E-state index is -0.199. The minimum absolute atomic E-state index is 0.199. The highest BCUT2D eigenvalue weighted by molar-refractivity contribution is 5.78. The summed E-state index contributed by atoms with van der Waals surface area (Å²) in [6.45, 7) is 8.79. The number of nitrogens with two attached hydrogens (primary N) is 1. The summed E-state index contributed by atoms with van der Waals surface area (Å²) in [5, 5.41) is 0. The number of hydrogen-bond acceptors (Lipinski definition) is 4. The Morgan fingerprint density at radius 2 is 1.80 bits per heavy atom. The predicted octanol–water partition coefficient (Wildman–Crippen LogP) is 0.985. The van der Waals surface area contributed by atoms with Gasteiger partial charge in [-0.05, 0) is 30.7 Å². The van der Waals surface area contributed by atoms with E-state index in [0.717, 1.165) is 77.7 Å². The molecule has 0 spiro atoms. The summed E-state index contributed by atoms with van der Waals surface area (Å²) in [5.41, 5.74) is 7.22. The number of rotatable bonds is 4. The molecule has 3 rings (SSSR count). The van der Waals surface area contributed by atoms with Gasteiger partial charge in [0.2, 0.25) is 0 Å². The van der Waals surface area contributed by atoms with Gasteiger partial charge in [0.25, 0.3) is 0 Å². The van der Waals surface area contributed by atoms with Crippen molar-refractivity contribution in [2.75, 3.05) is 70.5 Å². The first-order valence-corrected chi connectivity index (χ1v) is 9.08. The van der Waals surface area contributed by atoms with E-state index in [9.17, 15) is 4.39 Å². The molecule has 1 aromatic rings. The van der Waals surface area contributed by atoms with Crippen molar-refractivity contribution in [2.45, 2.75) is 6.42 Å². The van der Waals surface area contributed by atoms with Gasteiger partial charge in [-0.1, -0.05) is 0 Å². The molecule has 0 amide bonds. The van der Waals surface area contributed by atoms with Crippen molar-refractivity contribution >= 4 is 11.6 Å². The van der Waals surface area contributed by atoms with E-state index in [0.29, 0.717) is 5.96 Å². The first kappa shape index (κ1) is 17.9. The van der Waals surface area contributed by atoms with E-state index in [1.54, 1.807) is 0 Å². The molecule has 2 heterocycles. The maximum Gasteiger partial charge on any atom is 0.191 e. The van der Waals surface area contributed by atoms with Crippen molar-refractivity contribution in [2.24, 2.45) is 10.7 Å². The average Bonchev–Trinajstić information content (AvgIpc) is 2.91. The molecule has 0 atom stereocenters. The fourth-order valence-electron chi connectivity index (χ4n) is 3.27. The summed E-state index contributed by atoms with van der Waals surface area (Å²) in [6, 6.07) is 6.66. The molecule has 2 aliphatic heterocycles. The number of piperazine rings is 1. The molecule has 0 aromatic heterocycles. The molecule has 0 bridgehead atoms. The SMILES string of the molecule is NC(=NCCN1CCCOCC1)N1CCN(c2ccc(F)cc2)CC1. The molecule has 7 heteroatoms. The van der Waals surface area contributed by atoms with Gasteiger partial charge < -0.3 is 20.3 Å². The van der Waals surface area contributed by atoms with E-state index < -0.39 is 0 Å². The van der Waals surface area contributed by atoms with Crippen LogP contribution < -0.4 is 10.6 Å². The first-order valence-electron chi connectivity index (χ1n) is 9.08. The lowest BCUT2D eigenvalue weighted by Gasteiger charge is -2.36. The topological polar surface area (TPSA) is 57.3 Å². The molecule has 0 radical (unpaired) electrons. The van der Waals surface area contributed by atoms with Crippen LogP contribution in [0.1, 0.15) is 6.42 Å². The Morgan fingerprint density at radius 1 is 1.04 bits per heavy atom. The Hall–Kier alpha value is -1.86. The average molecular weight is 349 g/mol. The maximum atomic E-state index is 13.0. The van der Waals surface area contributed by atoms with Crippen LogP contribution in [0.3, 0.4) is 0 Å². The van der Waals surface area contributed by atoms with E-state index in [2.05, 4.69) is 19.7 Å². The Bertz CT molecular complexity index is 549. The van der Waals surface area contributed by atoms with Gasteiger partial charge >= 0.3 is 0 Å². The van der Waals surface area contributed by atoms with Crippen molar-refractivity contribution in [3.05, 3.63) is 30.1 Å². The van der Waals surface area contributed by atoms with Crippen molar-refractivity contribution in [1.29, 1.82) is 0 Å². The number of hydrogen-bond donors (Lipinski definition) is 1. The van der Waals surface area contributed by atoms with Gasteiger partial charge in [-0.15, -0.1) is 0 Å². The van der Waals surface area contributed by atoms with Crippen LogP contribution >= 0.6 is 0 Å². The Labute approximate surface area is 149 Å². The molecule has 1 aromatic carbocycles. The number of guanidine groups is 1. The molecule has 0 unspecified atom stereocenters. The van der Waals surface area contributed by atoms with Gasteiger partial charge in [-0.2, -0.15) is 0 Å². The molecular formula is C18H28FN5O. The molecule has 2 aliphatic rings. The summed E-state index contributed by atoms with van der Waals surface area (Å²) < 4.78 is 18.5. The second kappa shape index (κ2) is 9.01. The molecule has 2 saturated heterocycles. The molecule has 25 heavy (non-hydrogen) atoms. The van der Waals surface area contributed by atoms with Crippen LogP contribution in [0.5, 0.6) is 0 Å². The molecule has 0 aliphatic carbocycles. The summed E-state index contributed by atoms with van der Waals surface area (Å²) in [4.78, 5) is 11.3. The lowest BCUT2D eigenvalue weighted by Crippen LogP contribution is -2.51. The number of halogens is 1. The molecule has 2 fully saturated rings. The van der Waals surface area contributed by atoms with Crippen molar-refractivity contribution in [3.8, 4) is 0 Å². The fraction of sp³-hybridized carbons (Fsp3) is 0.611. The highest BCUT2D eigenvalue weighted by atomic mass is 19.1. The van der Waals surface area contributed by atoms with Crippen LogP contribution in [-0.2, 0) is 4.74 Å². The normalized spacial score (nSPS) is 20.6. The van der Waals surface area contributed by atoms with Crippen molar-refractivity contribution in [3.63, 3.8) is 0 Å². The third kappa shape index (κ3) is 5.31. The smallest absolute Gasteiger partial charge is 0.191 e. The highest BCUT2D eigenvalue weighted by Gasteiger charge is 2.18. The standard InChI is InChI=1S/C18H28FN5O/c19-16-2-4-17(5-3-16)23-9-11-24(12-10-23)18(20)21-6-8-22-7-1-14-25-15-13-22/h2-5H,1,6-15H2,(H2,20,21). The Kier molecular flexibility index (Phi) is 6.47. The molecule has 6 nitrogen and oxygen atoms in total. The predicted molar refractivity (Wildman–Crippen MR) is 98.6 cm³/mol. The van der Waals surface area contributed by atoms with E-state index >= 15 is 0 Å². The fourth-order valence-corrected chi connectivity index (χ4v) is 3.27. The second-order valence-electron chi connectivity index (χ2n) is 6.50. The molecule has 2 N–H and O–H groups in total. The lowest BCUT2D eigenvalue weighted by molar-refractivity contribution is 0.142. The zero-order valence-corrected chi connectivity index (χ0v) is 14.7. The van der Waals surface area contributed by atoms with Crippen molar-refractivity contribution in [1.82, 2.24) is 9.80 Å². The van der Waals surface area contributed by atoms with Crippen LogP contribution in [-0.4, -0.2) is 81.3 Å². The number of aliphatic imine (C=N–C) groups is 1. The quantitative estimate of drug-likeness (QED) is 0.649. The molecule has 0 saturated carbocycles. The number of anilines is 1. The molecular weight excluding hydrogens is 321 g/mol. The first-order chi connectivity index (χ1) is 12.2. The summed E-state index contributed by atoms with van der Waals surface area (Å²) in [6.07, 6.45) is 1.09. The summed E-state index contributed by atoms with van der Waals surface area (Å²) in [7, 11) is 0. The Balaban J connectivity index is 1.42. The number of nitrogens with zero attached hydrogens (tertiary/aromatic N) is 4. The number of benzene rings is 1. The van der Waals surface area contributed by atoms with Crippen LogP contribution in [0, 0.1) is 5.82 Å². The third-order valence-electron chi connectivity index (χ3n) is 4.80. The monoisotopic (exact) mass is 349 g/mol. The van der Waals surface area contributed by atoms with Crippen LogP contribution in [0.25, 0.3) is 0 Å². The third-order valence-corrected chi connectivity index (χ3v) is 4.80. The van der Waals surface area contributed by atoms with Gasteiger partial charge in [-0.3, -0.25) is 9.89 Å². The highest BCUT2D eigenvalue weighted by Crippen LogP contribution is 2.16. The Morgan fingerprint density at radius 3 is 2.56 bits per heavy atom. The second-order valence-corrected chi connectivity index (χ2v) is 6.50.